The van der Waals surface area contributed by atoms with Crippen LogP contribution in [-0.2, 0) is 14.6 Å². The Morgan fingerprint density at radius 2 is 1.53 bits per heavy atom. The van der Waals surface area contributed by atoms with Crippen molar-refractivity contribution in [3.8, 4) is 0 Å². The molecule has 4 nitrogen and oxygen atoms in total. The maximum absolute atomic E-state index is 11.7. The second-order valence-corrected chi connectivity index (χ2v) is 3.08. The van der Waals surface area contributed by atoms with Crippen molar-refractivity contribution in [2.45, 2.75) is 12.4 Å². The van der Waals surface area contributed by atoms with E-state index in [1.54, 1.807) is 0 Å². The van der Waals surface area contributed by atoms with E-state index in [0.717, 1.165) is 0 Å². The fraction of sp³-hybridized carbons (Fsp3) is 0.500. The largest absolute Gasteiger partial charge is 0.450 e. The fourth-order valence-electron chi connectivity index (χ4n) is 0.415. The van der Waals surface area contributed by atoms with E-state index in [-0.39, 0.29) is 0 Å². The first-order valence-corrected chi connectivity index (χ1v) is 4.21. The number of rotatable bonds is 2. The second kappa shape index (κ2) is 3.89. The Kier molecular flexibility index (Phi) is 3.63. The molecule has 0 aromatic rings. The molecule has 15 heavy (non-hydrogen) atoms. The summed E-state index contributed by atoms with van der Waals surface area (Å²) in [5.41, 5.74) is 0. The van der Waals surface area contributed by atoms with Gasteiger partial charge in [0.05, 0.1) is 6.08 Å². The normalized spacial score (nSPS) is 15.3. The van der Waals surface area contributed by atoms with Crippen molar-refractivity contribution >= 4 is 10.4 Å². The summed E-state index contributed by atoms with van der Waals surface area (Å²) in [7, 11) is -5.67. The smallest absolute Gasteiger partial charge is 0.357 e. The maximum atomic E-state index is 11.7. The molecule has 0 amide bonds. The predicted octanol–water partition coefficient (Wildman–Crippen LogP) is 1.81. The van der Waals surface area contributed by atoms with Crippen LogP contribution >= 0.6 is 0 Å². The van der Waals surface area contributed by atoms with Gasteiger partial charge < -0.3 is 4.18 Å². The Morgan fingerprint density at radius 3 is 1.73 bits per heavy atom. The predicted molar refractivity (Wildman–Crippen MR) is 32.8 cm³/mol. The SMILES string of the molecule is O=S(=O)(O)O/C(=C\C(F)(F)F)C(F)(F)F. The quantitative estimate of drug-likeness (QED) is 0.467. The van der Waals surface area contributed by atoms with Gasteiger partial charge in [-0.25, -0.2) is 0 Å². The molecule has 0 atom stereocenters. The Balaban J connectivity index is 5.20. The molecule has 0 saturated carbocycles. The molecule has 0 rings (SSSR count). The van der Waals surface area contributed by atoms with Gasteiger partial charge in [-0.15, -0.1) is 0 Å². The number of alkyl halides is 6. The Hall–Kier alpha value is -0.970. The van der Waals surface area contributed by atoms with Gasteiger partial charge in [-0.2, -0.15) is 34.8 Å². The minimum atomic E-state index is -5.69. The average Bonchev–Trinajstić information content (AvgIpc) is 1.75. The van der Waals surface area contributed by atoms with Crippen LogP contribution < -0.4 is 0 Å². The van der Waals surface area contributed by atoms with Gasteiger partial charge in [-0.05, 0) is 0 Å². The van der Waals surface area contributed by atoms with Gasteiger partial charge in [0.15, 0.2) is 0 Å². The molecule has 0 saturated heterocycles. The first-order valence-electron chi connectivity index (χ1n) is 2.85. The van der Waals surface area contributed by atoms with Gasteiger partial charge in [0.1, 0.15) is 0 Å². The summed E-state index contributed by atoms with van der Waals surface area (Å²) in [5, 5.41) is 0. The monoisotopic (exact) mass is 260 g/mol. The first-order chi connectivity index (χ1) is 6.31. The van der Waals surface area contributed by atoms with Gasteiger partial charge in [0.2, 0.25) is 5.76 Å². The summed E-state index contributed by atoms with van der Waals surface area (Å²) in [5.74, 6) is -2.88. The first kappa shape index (κ1) is 14.0. The van der Waals surface area contributed by atoms with Gasteiger partial charge in [0.25, 0.3) is 0 Å². The maximum Gasteiger partial charge on any atom is 0.450 e. The zero-order valence-electron chi connectivity index (χ0n) is 6.43. The zero-order valence-corrected chi connectivity index (χ0v) is 7.24. The van der Waals surface area contributed by atoms with Gasteiger partial charge in [-0.3, -0.25) is 4.55 Å². The molecule has 0 spiro atoms. The third kappa shape index (κ3) is 7.02. The van der Waals surface area contributed by atoms with Crippen LogP contribution in [0.4, 0.5) is 26.3 Å². The topological polar surface area (TPSA) is 63.6 Å². The van der Waals surface area contributed by atoms with Crippen molar-refractivity contribution < 1.29 is 43.5 Å². The van der Waals surface area contributed by atoms with E-state index in [0.29, 0.717) is 0 Å². The van der Waals surface area contributed by atoms with Crippen molar-refractivity contribution in [3.63, 3.8) is 0 Å². The van der Waals surface area contributed by atoms with E-state index in [1.807, 2.05) is 0 Å². The Labute approximate surface area is 79.1 Å². The molecule has 0 radical (unpaired) electrons. The third-order valence-corrected chi connectivity index (χ3v) is 1.16. The van der Waals surface area contributed by atoms with Crippen molar-refractivity contribution in [3.05, 3.63) is 11.8 Å². The molecular formula is C4H2F6O4S. The molecule has 1 N–H and O–H groups in total. The van der Waals surface area contributed by atoms with Crippen molar-refractivity contribution in [1.82, 2.24) is 0 Å². The minimum absolute atomic E-state index is 1.43. The summed E-state index contributed by atoms with van der Waals surface area (Å²) in [6, 6.07) is 0. The summed E-state index contributed by atoms with van der Waals surface area (Å²) < 4.78 is 99.7. The average molecular weight is 260 g/mol. The highest BCUT2D eigenvalue weighted by Gasteiger charge is 2.42. The molecule has 0 fully saturated rings. The van der Waals surface area contributed by atoms with E-state index >= 15 is 0 Å². The lowest BCUT2D eigenvalue weighted by Crippen LogP contribution is -2.21. The summed E-state index contributed by atoms with van der Waals surface area (Å²) in [4.78, 5) is 0. The van der Waals surface area contributed by atoms with Crippen LogP contribution in [0.25, 0.3) is 0 Å². The molecule has 0 unspecified atom stereocenters. The lowest BCUT2D eigenvalue weighted by Gasteiger charge is -2.11. The molecule has 90 valence electrons. The van der Waals surface area contributed by atoms with Crippen LogP contribution in [0.2, 0.25) is 0 Å². The summed E-state index contributed by atoms with van der Waals surface area (Å²) in [6.45, 7) is 0. The van der Waals surface area contributed by atoms with E-state index in [9.17, 15) is 34.8 Å². The van der Waals surface area contributed by atoms with Crippen molar-refractivity contribution in [2.75, 3.05) is 0 Å². The van der Waals surface area contributed by atoms with Crippen molar-refractivity contribution in [1.29, 1.82) is 0 Å². The minimum Gasteiger partial charge on any atom is -0.357 e. The second-order valence-electron chi connectivity index (χ2n) is 2.06. The molecule has 11 heteroatoms. The fourth-order valence-corrected chi connectivity index (χ4v) is 0.785. The van der Waals surface area contributed by atoms with Gasteiger partial charge in [0, 0.05) is 0 Å². The lowest BCUT2D eigenvalue weighted by atomic mass is 10.4. The highest BCUT2D eigenvalue weighted by Crippen LogP contribution is 2.31. The number of halogens is 6. The zero-order chi connectivity index (χ0) is 12.5. The molecule has 0 aliphatic rings. The highest BCUT2D eigenvalue weighted by atomic mass is 32.3. The third-order valence-electron chi connectivity index (χ3n) is 0.769. The van der Waals surface area contributed by atoms with E-state index in [1.165, 1.54) is 0 Å². The number of allylic oxidation sites excluding steroid dienone is 2. The summed E-state index contributed by atoms with van der Waals surface area (Å²) in [6.07, 6.45) is -12.6. The Morgan fingerprint density at radius 1 is 1.13 bits per heavy atom. The molecule has 0 heterocycles. The number of hydrogen-bond donors (Lipinski definition) is 1. The molecule has 0 bridgehead atoms. The summed E-state index contributed by atoms with van der Waals surface area (Å²) >= 11 is 0. The highest BCUT2D eigenvalue weighted by molar-refractivity contribution is 7.81. The molecular weight excluding hydrogens is 258 g/mol. The van der Waals surface area contributed by atoms with Crippen LogP contribution in [0.1, 0.15) is 0 Å². The van der Waals surface area contributed by atoms with E-state index in [4.69, 9.17) is 4.55 Å². The van der Waals surface area contributed by atoms with E-state index < -0.39 is 34.6 Å². The van der Waals surface area contributed by atoms with Gasteiger partial charge in [-0.1, -0.05) is 0 Å². The molecule has 0 aromatic heterocycles. The van der Waals surface area contributed by atoms with Crippen LogP contribution in [0.3, 0.4) is 0 Å². The molecule has 0 aromatic carbocycles. The van der Waals surface area contributed by atoms with Crippen molar-refractivity contribution in [2.24, 2.45) is 0 Å². The molecule has 0 aliphatic heterocycles. The lowest BCUT2D eigenvalue weighted by molar-refractivity contribution is -0.128. The number of hydrogen-bond acceptors (Lipinski definition) is 3. The van der Waals surface area contributed by atoms with E-state index in [2.05, 4.69) is 4.18 Å². The molecule has 0 aliphatic carbocycles. The Bertz CT molecular complexity index is 348. The van der Waals surface area contributed by atoms with Crippen LogP contribution in [-0.4, -0.2) is 25.3 Å². The van der Waals surface area contributed by atoms with Crippen LogP contribution in [0.15, 0.2) is 11.8 Å². The standard InChI is InChI=1S/C4H2F6O4S/c5-3(6,7)1-2(4(8,9)10)14-15(11,12)13/h1H,(H,11,12,13)/b2-1-. The van der Waals surface area contributed by atoms with Gasteiger partial charge >= 0.3 is 22.8 Å². The van der Waals surface area contributed by atoms with Crippen LogP contribution in [0.5, 0.6) is 0 Å². The van der Waals surface area contributed by atoms with Crippen LogP contribution in [0, 0.1) is 0 Å².